The Morgan fingerprint density at radius 2 is 1.71 bits per heavy atom. The lowest BCUT2D eigenvalue weighted by Crippen LogP contribution is -1.98. The molecule has 0 aliphatic rings. The van der Waals surface area contributed by atoms with Gasteiger partial charge in [0.05, 0.1) is 27.0 Å². The number of benzene rings is 1. The summed E-state index contributed by atoms with van der Waals surface area (Å²) < 4.78 is 17.9. The molecule has 0 aliphatic heterocycles. The van der Waals surface area contributed by atoms with Crippen molar-refractivity contribution in [3.8, 4) is 28.5 Å². The van der Waals surface area contributed by atoms with Gasteiger partial charge in [-0.3, -0.25) is 4.40 Å². The molecule has 0 saturated carbocycles. The van der Waals surface area contributed by atoms with Crippen molar-refractivity contribution < 1.29 is 14.2 Å². The lowest BCUT2D eigenvalue weighted by Gasteiger charge is -2.14. The van der Waals surface area contributed by atoms with Crippen molar-refractivity contribution in [2.75, 3.05) is 21.3 Å². The molecule has 0 unspecified atom stereocenters. The van der Waals surface area contributed by atoms with Crippen LogP contribution in [0.1, 0.15) is 0 Å². The van der Waals surface area contributed by atoms with Gasteiger partial charge < -0.3 is 14.2 Å². The maximum Gasteiger partial charge on any atom is 0.255 e. The minimum Gasteiger partial charge on any atom is -0.493 e. The van der Waals surface area contributed by atoms with E-state index in [-0.39, 0.29) is 0 Å². The first-order chi connectivity index (χ1) is 10.3. The zero-order valence-electron chi connectivity index (χ0n) is 11.9. The fourth-order valence-electron chi connectivity index (χ4n) is 2.21. The third-order valence-corrected chi connectivity index (χ3v) is 3.17. The summed E-state index contributed by atoms with van der Waals surface area (Å²) in [7, 11) is 4.74. The van der Waals surface area contributed by atoms with Crippen molar-refractivity contribution in [1.29, 1.82) is 0 Å². The molecule has 21 heavy (non-hydrogen) atoms. The molecule has 2 aromatic heterocycles. The van der Waals surface area contributed by atoms with Gasteiger partial charge in [0.2, 0.25) is 5.75 Å². The SMILES string of the molecule is COc1cc(-c2ccnc3nncn23)cc(OC)c1OC. The molecule has 108 valence electrons. The second-order valence-electron chi connectivity index (χ2n) is 4.25. The summed E-state index contributed by atoms with van der Waals surface area (Å²) in [5.74, 6) is 2.26. The molecule has 3 aromatic rings. The molecule has 2 heterocycles. The van der Waals surface area contributed by atoms with Gasteiger partial charge in [-0.15, -0.1) is 10.2 Å². The van der Waals surface area contributed by atoms with Crippen LogP contribution in [0.15, 0.2) is 30.7 Å². The van der Waals surface area contributed by atoms with Crippen LogP contribution in [-0.2, 0) is 0 Å². The normalized spacial score (nSPS) is 10.6. The van der Waals surface area contributed by atoms with Crippen LogP contribution >= 0.6 is 0 Å². The van der Waals surface area contributed by atoms with Crippen molar-refractivity contribution in [2.24, 2.45) is 0 Å². The van der Waals surface area contributed by atoms with Crippen LogP contribution in [0.2, 0.25) is 0 Å². The Morgan fingerprint density at radius 3 is 2.33 bits per heavy atom. The molecule has 7 nitrogen and oxygen atoms in total. The lowest BCUT2D eigenvalue weighted by atomic mass is 10.1. The van der Waals surface area contributed by atoms with Crippen molar-refractivity contribution in [3.05, 3.63) is 30.7 Å². The maximum atomic E-state index is 5.37. The van der Waals surface area contributed by atoms with Gasteiger partial charge in [0.25, 0.3) is 5.78 Å². The summed E-state index contributed by atoms with van der Waals surface area (Å²) in [6, 6.07) is 5.61. The molecule has 0 radical (unpaired) electrons. The zero-order valence-corrected chi connectivity index (χ0v) is 11.9. The minimum absolute atomic E-state index is 0.529. The summed E-state index contributed by atoms with van der Waals surface area (Å²) in [6.45, 7) is 0. The smallest absolute Gasteiger partial charge is 0.255 e. The highest BCUT2D eigenvalue weighted by Gasteiger charge is 2.15. The molecular formula is C14H14N4O3. The van der Waals surface area contributed by atoms with E-state index < -0.39 is 0 Å². The van der Waals surface area contributed by atoms with Crippen LogP contribution in [0, 0.1) is 0 Å². The molecule has 0 saturated heterocycles. The van der Waals surface area contributed by atoms with E-state index in [4.69, 9.17) is 14.2 Å². The Balaban J connectivity index is 2.25. The summed E-state index contributed by atoms with van der Waals surface area (Å²) in [6.07, 6.45) is 3.30. The molecule has 0 aliphatic carbocycles. The van der Waals surface area contributed by atoms with E-state index in [0.29, 0.717) is 23.0 Å². The monoisotopic (exact) mass is 286 g/mol. The van der Waals surface area contributed by atoms with Gasteiger partial charge >= 0.3 is 0 Å². The number of rotatable bonds is 4. The first kappa shape index (κ1) is 13.2. The van der Waals surface area contributed by atoms with Crippen molar-refractivity contribution in [2.45, 2.75) is 0 Å². The Kier molecular flexibility index (Phi) is 3.31. The van der Waals surface area contributed by atoms with Crippen molar-refractivity contribution in [1.82, 2.24) is 19.6 Å². The Bertz CT molecular complexity index is 760. The van der Waals surface area contributed by atoms with Crippen LogP contribution in [0.4, 0.5) is 0 Å². The van der Waals surface area contributed by atoms with E-state index >= 15 is 0 Å². The number of ether oxygens (including phenoxy) is 3. The zero-order chi connectivity index (χ0) is 14.8. The Morgan fingerprint density at radius 1 is 1.00 bits per heavy atom. The van der Waals surface area contributed by atoms with Gasteiger partial charge in [0, 0.05) is 11.8 Å². The molecule has 0 bridgehead atoms. The van der Waals surface area contributed by atoms with Crippen molar-refractivity contribution >= 4 is 5.78 Å². The standard InChI is InChI=1S/C14H14N4O3/c1-19-11-6-9(7-12(20-2)13(11)21-3)10-4-5-15-14-17-16-8-18(10)14/h4-8H,1-3H3. The number of hydrogen-bond acceptors (Lipinski definition) is 6. The highest BCUT2D eigenvalue weighted by Crippen LogP contribution is 2.41. The average molecular weight is 286 g/mol. The highest BCUT2D eigenvalue weighted by molar-refractivity contribution is 5.69. The largest absolute Gasteiger partial charge is 0.493 e. The van der Waals surface area contributed by atoms with E-state index in [9.17, 15) is 0 Å². The fraction of sp³-hybridized carbons (Fsp3) is 0.214. The molecule has 1 aromatic carbocycles. The molecule has 0 atom stereocenters. The molecule has 3 rings (SSSR count). The third-order valence-electron chi connectivity index (χ3n) is 3.17. The van der Waals surface area contributed by atoms with E-state index in [1.54, 1.807) is 38.3 Å². The predicted molar refractivity (Wildman–Crippen MR) is 75.9 cm³/mol. The molecule has 0 spiro atoms. The van der Waals surface area contributed by atoms with E-state index in [1.807, 2.05) is 18.2 Å². The molecule has 0 amide bonds. The molecule has 0 fully saturated rings. The van der Waals surface area contributed by atoms with E-state index in [0.717, 1.165) is 11.3 Å². The van der Waals surface area contributed by atoms with Gasteiger partial charge in [-0.1, -0.05) is 0 Å². The molecule has 0 N–H and O–H groups in total. The average Bonchev–Trinajstić information content (AvgIpc) is 3.01. The lowest BCUT2D eigenvalue weighted by molar-refractivity contribution is 0.324. The maximum absolute atomic E-state index is 5.37. The second kappa shape index (κ2) is 5.28. The van der Waals surface area contributed by atoms with Crippen LogP contribution < -0.4 is 14.2 Å². The van der Waals surface area contributed by atoms with Crippen LogP contribution in [0.3, 0.4) is 0 Å². The Hall–Kier alpha value is -2.83. The van der Waals surface area contributed by atoms with Gasteiger partial charge in [-0.2, -0.15) is 0 Å². The summed E-state index contributed by atoms with van der Waals surface area (Å²) in [5, 5.41) is 7.81. The summed E-state index contributed by atoms with van der Waals surface area (Å²) >= 11 is 0. The third kappa shape index (κ3) is 2.12. The van der Waals surface area contributed by atoms with Gasteiger partial charge in [0.15, 0.2) is 11.5 Å². The summed E-state index contributed by atoms with van der Waals surface area (Å²) in [4.78, 5) is 4.15. The van der Waals surface area contributed by atoms with E-state index in [1.165, 1.54) is 0 Å². The van der Waals surface area contributed by atoms with Crippen molar-refractivity contribution in [3.63, 3.8) is 0 Å². The number of fused-ring (bicyclic) bond motifs is 1. The number of hydrogen-bond donors (Lipinski definition) is 0. The Labute approximate surface area is 121 Å². The number of methoxy groups -OCH3 is 3. The molecule has 7 heteroatoms. The van der Waals surface area contributed by atoms with E-state index in [2.05, 4.69) is 15.2 Å². The number of nitrogens with zero attached hydrogens (tertiary/aromatic N) is 4. The first-order valence-electron chi connectivity index (χ1n) is 6.23. The van der Waals surface area contributed by atoms with Gasteiger partial charge in [-0.05, 0) is 18.2 Å². The van der Waals surface area contributed by atoms with Crippen LogP contribution in [-0.4, -0.2) is 40.9 Å². The minimum atomic E-state index is 0.529. The predicted octanol–water partition coefficient (Wildman–Crippen LogP) is 1.82. The first-order valence-corrected chi connectivity index (χ1v) is 6.23. The topological polar surface area (TPSA) is 70.8 Å². The van der Waals surface area contributed by atoms with Gasteiger partial charge in [0.1, 0.15) is 6.33 Å². The second-order valence-corrected chi connectivity index (χ2v) is 4.25. The number of aromatic nitrogens is 4. The van der Waals surface area contributed by atoms with Crippen LogP contribution in [0.5, 0.6) is 17.2 Å². The fourth-order valence-corrected chi connectivity index (χ4v) is 2.21. The highest BCUT2D eigenvalue weighted by atomic mass is 16.5. The summed E-state index contributed by atoms with van der Waals surface area (Å²) in [5.41, 5.74) is 1.76. The molecular weight excluding hydrogens is 272 g/mol. The van der Waals surface area contributed by atoms with Gasteiger partial charge in [-0.25, -0.2) is 4.98 Å². The van der Waals surface area contributed by atoms with Crippen LogP contribution in [0.25, 0.3) is 17.0 Å². The quantitative estimate of drug-likeness (QED) is 0.728.